The number of carbonyl (C=O) groups excluding carboxylic acids is 1. The summed E-state index contributed by atoms with van der Waals surface area (Å²) in [7, 11) is 3.67. The van der Waals surface area contributed by atoms with Crippen molar-refractivity contribution in [3.05, 3.63) is 0 Å². The Morgan fingerprint density at radius 1 is 1.25 bits per heavy atom. The lowest BCUT2D eigenvalue weighted by atomic mass is 9.76. The molecular weight excluding hydrogens is 250 g/mol. The topological polar surface area (TPSA) is 49.6 Å². The number of carbonyl (C=O) groups is 1. The first-order valence-corrected chi connectivity index (χ1v) is 8.17. The van der Waals surface area contributed by atoms with Crippen molar-refractivity contribution in [3.63, 3.8) is 0 Å². The van der Waals surface area contributed by atoms with Crippen molar-refractivity contribution in [1.82, 2.24) is 9.80 Å². The molecular formula is C16H33N3O. The zero-order valence-electron chi connectivity index (χ0n) is 13.8. The van der Waals surface area contributed by atoms with Gasteiger partial charge in [0.15, 0.2) is 0 Å². The third kappa shape index (κ3) is 4.74. The van der Waals surface area contributed by atoms with Gasteiger partial charge in [0, 0.05) is 20.1 Å². The van der Waals surface area contributed by atoms with E-state index >= 15 is 0 Å². The Bertz CT molecular complexity index is 293. The van der Waals surface area contributed by atoms with Crippen LogP contribution in [0.3, 0.4) is 0 Å². The summed E-state index contributed by atoms with van der Waals surface area (Å²) in [5.41, 5.74) is 5.98. The van der Waals surface area contributed by atoms with Crippen molar-refractivity contribution in [2.45, 2.75) is 52.0 Å². The highest BCUT2D eigenvalue weighted by molar-refractivity contribution is 5.77. The van der Waals surface area contributed by atoms with Gasteiger partial charge in [0.1, 0.15) is 0 Å². The van der Waals surface area contributed by atoms with Crippen LogP contribution in [-0.2, 0) is 4.79 Å². The number of hydrogen-bond acceptors (Lipinski definition) is 3. The maximum absolute atomic E-state index is 12.1. The van der Waals surface area contributed by atoms with Crippen LogP contribution in [0.15, 0.2) is 0 Å². The Morgan fingerprint density at radius 2 is 1.95 bits per heavy atom. The van der Waals surface area contributed by atoms with Gasteiger partial charge in [0.05, 0.1) is 6.54 Å². The van der Waals surface area contributed by atoms with Crippen molar-refractivity contribution in [1.29, 1.82) is 0 Å². The average Bonchev–Trinajstić information content (AvgIpc) is 2.45. The molecule has 0 spiro atoms. The van der Waals surface area contributed by atoms with Crippen molar-refractivity contribution < 1.29 is 4.79 Å². The summed E-state index contributed by atoms with van der Waals surface area (Å²) in [6, 6.07) is 0.488. The molecule has 1 saturated carbocycles. The maximum atomic E-state index is 12.1. The number of hydrogen-bond donors (Lipinski definition) is 1. The molecule has 1 amide bonds. The quantitative estimate of drug-likeness (QED) is 0.777. The van der Waals surface area contributed by atoms with Crippen LogP contribution in [0.5, 0.6) is 0 Å². The minimum absolute atomic E-state index is 0.202. The summed E-state index contributed by atoms with van der Waals surface area (Å²) in [5.74, 6) is 1.56. The zero-order valence-corrected chi connectivity index (χ0v) is 13.8. The molecule has 0 bridgehead atoms. The molecule has 4 heteroatoms. The van der Waals surface area contributed by atoms with E-state index in [1.165, 1.54) is 25.7 Å². The van der Waals surface area contributed by atoms with Gasteiger partial charge in [-0.3, -0.25) is 9.69 Å². The molecule has 0 aromatic heterocycles. The van der Waals surface area contributed by atoms with Crippen LogP contribution >= 0.6 is 0 Å². The SMILES string of the molecule is CCCN(CC(=O)N(C)C)C1CC(CC)CCC1CN. The zero-order chi connectivity index (χ0) is 15.1. The fourth-order valence-corrected chi connectivity index (χ4v) is 3.35. The van der Waals surface area contributed by atoms with Gasteiger partial charge in [0.2, 0.25) is 5.91 Å². The molecule has 1 aliphatic rings. The number of nitrogens with zero attached hydrogens (tertiary/aromatic N) is 2. The Morgan fingerprint density at radius 3 is 2.45 bits per heavy atom. The molecule has 118 valence electrons. The van der Waals surface area contributed by atoms with Crippen LogP contribution in [0.2, 0.25) is 0 Å². The minimum Gasteiger partial charge on any atom is -0.348 e. The average molecular weight is 283 g/mol. The largest absolute Gasteiger partial charge is 0.348 e. The Hall–Kier alpha value is -0.610. The van der Waals surface area contributed by atoms with Gasteiger partial charge < -0.3 is 10.6 Å². The van der Waals surface area contributed by atoms with Crippen molar-refractivity contribution in [2.75, 3.05) is 33.7 Å². The van der Waals surface area contributed by atoms with E-state index in [4.69, 9.17) is 5.73 Å². The molecule has 3 unspecified atom stereocenters. The smallest absolute Gasteiger partial charge is 0.236 e. The molecule has 0 aromatic carbocycles. The summed E-state index contributed by atoms with van der Waals surface area (Å²) in [6.07, 6.45) is 6.06. The Kier molecular flexibility index (Phi) is 7.52. The summed E-state index contributed by atoms with van der Waals surface area (Å²) < 4.78 is 0. The molecule has 1 fully saturated rings. The second-order valence-electron chi connectivity index (χ2n) is 6.41. The van der Waals surface area contributed by atoms with E-state index in [2.05, 4.69) is 18.7 Å². The second-order valence-corrected chi connectivity index (χ2v) is 6.41. The lowest BCUT2D eigenvalue weighted by Gasteiger charge is -2.42. The predicted octanol–water partition coefficient (Wildman–Crippen LogP) is 1.94. The first-order valence-electron chi connectivity index (χ1n) is 8.17. The lowest BCUT2D eigenvalue weighted by Crippen LogP contribution is -2.50. The van der Waals surface area contributed by atoms with Crippen molar-refractivity contribution >= 4 is 5.91 Å². The molecule has 0 aromatic rings. The highest BCUT2D eigenvalue weighted by Crippen LogP contribution is 2.33. The van der Waals surface area contributed by atoms with Gasteiger partial charge in [-0.2, -0.15) is 0 Å². The van der Waals surface area contributed by atoms with Gasteiger partial charge in [-0.25, -0.2) is 0 Å². The summed E-state index contributed by atoms with van der Waals surface area (Å²) >= 11 is 0. The van der Waals surface area contributed by atoms with E-state index in [0.29, 0.717) is 18.5 Å². The third-order valence-corrected chi connectivity index (χ3v) is 4.76. The van der Waals surface area contributed by atoms with Crippen LogP contribution in [-0.4, -0.2) is 55.5 Å². The van der Waals surface area contributed by atoms with Gasteiger partial charge >= 0.3 is 0 Å². The molecule has 0 heterocycles. The molecule has 20 heavy (non-hydrogen) atoms. The molecule has 2 N–H and O–H groups in total. The van der Waals surface area contributed by atoms with Gasteiger partial charge in [0.25, 0.3) is 0 Å². The van der Waals surface area contributed by atoms with Crippen LogP contribution in [0.1, 0.15) is 46.0 Å². The van der Waals surface area contributed by atoms with Crippen LogP contribution < -0.4 is 5.73 Å². The van der Waals surface area contributed by atoms with Gasteiger partial charge in [-0.05, 0) is 44.2 Å². The predicted molar refractivity (Wildman–Crippen MR) is 84.5 cm³/mol. The molecule has 1 aliphatic carbocycles. The lowest BCUT2D eigenvalue weighted by molar-refractivity contribution is -0.131. The first-order chi connectivity index (χ1) is 9.53. The normalized spacial score (nSPS) is 26.8. The summed E-state index contributed by atoms with van der Waals surface area (Å²) in [4.78, 5) is 16.2. The van der Waals surface area contributed by atoms with E-state index in [0.717, 1.165) is 25.4 Å². The highest BCUT2D eigenvalue weighted by atomic mass is 16.2. The summed E-state index contributed by atoms with van der Waals surface area (Å²) in [5, 5.41) is 0. The van der Waals surface area contributed by atoms with Crippen LogP contribution in [0.4, 0.5) is 0 Å². The van der Waals surface area contributed by atoms with E-state index in [1.807, 2.05) is 14.1 Å². The van der Waals surface area contributed by atoms with E-state index in [1.54, 1.807) is 4.90 Å². The fourth-order valence-electron chi connectivity index (χ4n) is 3.35. The number of nitrogens with two attached hydrogens (primary N) is 1. The van der Waals surface area contributed by atoms with Gasteiger partial charge in [-0.15, -0.1) is 0 Å². The number of likely N-dealkylation sites (N-methyl/N-ethyl adjacent to an activating group) is 1. The van der Waals surface area contributed by atoms with Crippen LogP contribution in [0.25, 0.3) is 0 Å². The second kappa shape index (κ2) is 8.63. The molecule has 0 saturated heterocycles. The molecule has 1 rings (SSSR count). The van der Waals surface area contributed by atoms with E-state index in [9.17, 15) is 4.79 Å². The fraction of sp³-hybridized carbons (Fsp3) is 0.938. The maximum Gasteiger partial charge on any atom is 0.236 e. The van der Waals surface area contributed by atoms with Crippen molar-refractivity contribution in [2.24, 2.45) is 17.6 Å². The third-order valence-electron chi connectivity index (χ3n) is 4.76. The standard InChI is InChI=1S/C16H33N3O/c1-5-9-19(12-16(20)18(3)4)15-10-13(6-2)7-8-14(15)11-17/h13-15H,5-12,17H2,1-4H3. The molecule has 0 radical (unpaired) electrons. The molecule has 3 atom stereocenters. The highest BCUT2D eigenvalue weighted by Gasteiger charge is 2.33. The van der Waals surface area contributed by atoms with Crippen LogP contribution in [0, 0.1) is 11.8 Å². The first kappa shape index (κ1) is 17.4. The van der Waals surface area contributed by atoms with Gasteiger partial charge in [-0.1, -0.05) is 26.7 Å². The molecule has 4 nitrogen and oxygen atoms in total. The monoisotopic (exact) mass is 283 g/mol. The number of amides is 1. The number of rotatable bonds is 7. The summed E-state index contributed by atoms with van der Waals surface area (Å²) in [6.45, 7) is 6.75. The van der Waals surface area contributed by atoms with Crippen molar-refractivity contribution in [3.8, 4) is 0 Å². The Balaban J connectivity index is 2.76. The molecule has 0 aliphatic heterocycles. The van der Waals surface area contributed by atoms with E-state index in [-0.39, 0.29) is 5.91 Å². The minimum atomic E-state index is 0.202. The van der Waals surface area contributed by atoms with E-state index < -0.39 is 0 Å². The Labute approximate surface area is 124 Å².